The summed E-state index contributed by atoms with van der Waals surface area (Å²) in [4.78, 5) is 52.3. The first-order valence-corrected chi connectivity index (χ1v) is 14.1. The van der Waals surface area contributed by atoms with Crippen molar-refractivity contribution in [3.63, 3.8) is 0 Å². The highest BCUT2D eigenvalue weighted by Crippen LogP contribution is 2.26. The molecule has 38 heavy (non-hydrogen) atoms. The van der Waals surface area contributed by atoms with Crippen LogP contribution in [0.2, 0.25) is 0 Å². The fraction of sp³-hybridized carbons (Fsp3) is 0.793. The second-order valence-corrected chi connectivity index (χ2v) is 10.4. The van der Waals surface area contributed by atoms with Gasteiger partial charge in [-0.3, -0.25) is 4.79 Å². The van der Waals surface area contributed by atoms with E-state index in [4.69, 9.17) is 9.47 Å². The standard InChI is InChI=1S/C29H49NO8/c1-8-10-11-12-13-14-16-20(4)24(31)21(5)26(32)30-18-15-17-23(30)28(34)38-25(19(3)9-2)29(35)37-22(6)27(33)36-7/h16,19,21-25,31H,8-15,17-18H2,1-7H3. The molecule has 218 valence electrons. The summed E-state index contributed by atoms with van der Waals surface area (Å²) in [5.41, 5.74) is 0.749. The Morgan fingerprint density at radius 2 is 1.66 bits per heavy atom. The molecule has 0 radical (unpaired) electrons. The maximum atomic E-state index is 13.3. The molecule has 6 atom stereocenters. The van der Waals surface area contributed by atoms with Crippen molar-refractivity contribution in [1.82, 2.24) is 4.90 Å². The number of likely N-dealkylation sites (tertiary alicyclic amines) is 1. The summed E-state index contributed by atoms with van der Waals surface area (Å²) < 4.78 is 15.4. The van der Waals surface area contributed by atoms with Crippen molar-refractivity contribution in [2.24, 2.45) is 11.8 Å². The van der Waals surface area contributed by atoms with Crippen LogP contribution in [0.25, 0.3) is 0 Å². The maximum Gasteiger partial charge on any atom is 0.348 e. The molecule has 0 aromatic carbocycles. The van der Waals surface area contributed by atoms with Crippen molar-refractivity contribution in [3.05, 3.63) is 11.6 Å². The average molecular weight is 540 g/mol. The van der Waals surface area contributed by atoms with Crippen LogP contribution in [0, 0.1) is 11.8 Å². The molecule has 1 saturated heterocycles. The quantitative estimate of drug-likeness (QED) is 0.133. The third-order valence-corrected chi connectivity index (χ3v) is 7.37. The van der Waals surface area contributed by atoms with Gasteiger partial charge in [0, 0.05) is 12.5 Å². The molecule has 0 bridgehead atoms. The third-order valence-electron chi connectivity index (χ3n) is 7.37. The van der Waals surface area contributed by atoms with Gasteiger partial charge in [0.1, 0.15) is 6.04 Å². The van der Waals surface area contributed by atoms with Gasteiger partial charge in [-0.05, 0) is 51.5 Å². The van der Waals surface area contributed by atoms with Crippen LogP contribution >= 0.6 is 0 Å². The Bertz CT molecular complexity index is 810. The molecule has 0 spiro atoms. The van der Waals surface area contributed by atoms with E-state index in [0.717, 1.165) is 24.8 Å². The van der Waals surface area contributed by atoms with Crippen LogP contribution in [0.3, 0.4) is 0 Å². The number of amides is 1. The number of rotatable bonds is 16. The first-order valence-electron chi connectivity index (χ1n) is 14.1. The summed E-state index contributed by atoms with van der Waals surface area (Å²) >= 11 is 0. The van der Waals surface area contributed by atoms with Gasteiger partial charge in [0.05, 0.1) is 19.1 Å². The van der Waals surface area contributed by atoms with E-state index in [1.807, 2.05) is 19.9 Å². The topological polar surface area (TPSA) is 119 Å². The molecule has 9 nitrogen and oxygen atoms in total. The molecule has 1 amide bonds. The lowest BCUT2D eigenvalue weighted by Gasteiger charge is -2.30. The average Bonchev–Trinajstić information content (AvgIpc) is 3.41. The van der Waals surface area contributed by atoms with Gasteiger partial charge in [0.15, 0.2) is 6.10 Å². The summed E-state index contributed by atoms with van der Waals surface area (Å²) in [5, 5.41) is 10.8. The van der Waals surface area contributed by atoms with Gasteiger partial charge < -0.3 is 24.2 Å². The van der Waals surface area contributed by atoms with Crippen LogP contribution in [-0.2, 0) is 33.4 Å². The number of carbonyl (C=O) groups excluding carboxylic acids is 4. The minimum absolute atomic E-state index is 0.324. The number of nitrogens with zero attached hydrogens (tertiary/aromatic N) is 1. The zero-order valence-corrected chi connectivity index (χ0v) is 24.4. The molecule has 6 unspecified atom stereocenters. The molecule has 9 heteroatoms. The Morgan fingerprint density at radius 1 is 1.00 bits per heavy atom. The van der Waals surface area contributed by atoms with Crippen LogP contribution in [0.5, 0.6) is 0 Å². The van der Waals surface area contributed by atoms with E-state index in [9.17, 15) is 24.3 Å². The molecule has 0 aromatic rings. The predicted octanol–water partition coefficient (Wildman–Crippen LogP) is 4.34. The Labute approximate surface area is 228 Å². The Balaban J connectivity index is 2.84. The van der Waals surface area contributed by atoms with Gasteiger partial charge >= 0.3 is 17.9 Å². The molecular formula is C29H49NO8. The lowest BCUT2D eigenvalue weighted by molar-refractivity contribution is -0.182. The summed E-state index contributed by atoms with van der Waals surface area (Å²) in [6.07, 6.45) is 6.89. The second-order valence-electron chi connectivity index (χ2n) is 10.4. The molecule has 0 aromatic heterocycles. The number of unbranched alkanes of at least 4 members (excludes halogenated alkanes) is 5. The van der Waals surface area contributed by atoms with Gasteiger partial charge in [0.2, 0.25) is 12.0 Å². The summed E-state index contributed by atoms with van der Waals surface area (Å²) in [6, 6.07) is -0.850. The lowest BCUT2D eigenvalue weighted by Crippen LogP contribution is -2.48. The highest BCUT2D eigenvalue weighted by Gasteiger charge is 2.41. The van der Waals surface area contributed by atoms with Crippen LogP contribution in [0.1, 0.15) is 99.3 Å². The third kappa shape index (κ3) is 10.0. The molecule has 0 saturated carbocycles. The van der Waals surface area contributed by atoms with Crippen molar-refractivity contribution < 1.29 is 38.5 Å². The van der Waals surface area contributed by atoms with E-state index >= 15 is 0 Å². The molecule has 1 N–H and O–H groups in total. The van der Waals surface area contributed by atoms with Crippen LogP contribution < -0.4 is 0 Å². The summed E-state index contributed by atoms with van der Waals surface area (Å²) in [5.74, 6) is -3.65. The van der Waals surface area contributed by atoms with Crippen LogP contribution in [0.15, 0.2) is 11.6 Å². The minimum Gasteiger partial charge on any atom is -0.466 e. The highest BCUT2D eigenvalue weighted by molar-refractivity contribution is 5.88. The Kier molecular flexibility index (Phi) is 15.2. The first kappa shape index (κ1) is 33.6. The fourth-order valence-corrected chi connectivity index (χ4v) is 4.53. The molecule has 1 rings (SSSR count). The van der Waals surface area contributed by atoms with E-state index < -0.39 is 48.2 Å². The van der Waals surface area contributed by atoms with Gasteiger partial charge in [0.25, 0.3) is 0 Å². The summed E-state index contributed by atoms with van der Waals surface area (Å²) in [7, 11) is 1.19. The van der Waals surface area contributed by atoms with E-state index in [0.29, 0.717) is 25.8 Å². The smallest absolute Gasteiger partial charge is 0.348 e. The number of methoxy groups -OCH3 is 1. The van der Waals surface area contributed by atoms with Crippen LogP contribution in [-0.4, -0.2) is 71.8 Å². The van der Waals surface area contributed by atoms with Gasteiger partial charge in [-0.1, -0.05) is 59.5 Å². The normalized spacial score (nSPS) is 19.7. The number of aliphatic hydroxyl groups excluding tert-OH is 1. The van der Waals surface area contributed by atoms with Crippen molar-refractivity contribution in [3.8, 4) is 0 Å². The van der Waals surface area contributed by atoms with E-state index in [1.165, 1.54) is 38.2 Å². The highest BCUT2D eigenvalue weighted by atomic mass is 16.6. The molecule has 1 aliphatic heterocycles. The Hall–Kier alpha value is -2.42. The molecular weight excluding hydrogens is 490 g/mol. The number of aliphatic hydroxyl groups is 1. The van der Waals surface area contributed by atoms with E-state index in [1.54, 1.807) is 13.8 Å². The molecule has 1 heterocycles. The number of esters is 3. The predicted molar refractivity (Wildman–Crippen MR) is 144 cm³/mol. The first-order chi connectivity index (χ1) is 18.0. The molecule has 1 aliphatic rings. The number of ether oxygens (including phenoxy) is 3. The van der Waals surface area contributed by atoms with E-state index in [-0.39, 0.29) is 11.8 Å². The van der Waals surface area contributed by atoms with Crippen molar-refractivity contribution >= 4 is 23.8 Å². The molecule has 1 fully saturated rings. The lowest BCUT2D eigenvalue weighted by atomic mass is 9.95. The number of hydrogen-bond donors (Lipinski definition) is 1. The zero-order valence-electron chi connectivity index (χ0n) is 24.4. The van der Waals surface area contributed by atoms with Crippen molar-refractivity contribution in [2.75, 3.05) is 13.7 Å². The second kappa shape index (κ2) is 17.2. The van der Waals surface area contributed by atoms with Gasteiger partial charge in [-0.25, -0.2) is 14.4 Å². The van der Waals surface area contributed by atoms with Crippen molar-refractivity contribution in [1.29, 1.82) is 0 Å². The largest absolute Gasteiger partial charge is 0.466 e. The monoisotopic (exact) mass is 539 g/mol. The van der Waals surface area contributed by atoms with Gasteiger partial charge in [-0.2, -0.15) is 0 Å². The zero-order chi connectivity index (χ0) is 28.8. The Morgan fingerprint density at radius 3 is 2.26 bits per heavy atom. The number of carbonyl (C=O) groups is 4. The summed E-state index contributed by atoms with van der Waals surface area (Å²) in [6.45, 7) is 11.0. The number of allylic oxidation sites excluding steroid dienone is 1. The minimum atomic E-state index is -1.22. The van der Waals surface area contributed by atoms with Crippen LogP contribution in [0.4, 0.5) is 0 Å². The van der Waals surface area contributed by atoms with E-state index in [2.05, 4.69) is 11.7 Å². The van der Waals surface area contributed by atoms with Gasteiger partial charge in [-0.15, -0.1) is 0 Å². The maximum absolute atomic E-state index is 13.3. The fourth-order valence-electron chi connectivity index (χ4n) is 4.53. The van der Waals surface area contributed by atoms with Crippen molar-refractivity contribution in [2.45, 2.75) is 124 Å². The SMILES string of the molecule is CCCCCCCC=C(C)C(O)C(C)C(=O)N1CCCC1C(=O)OC(C(=O)OC(C)C(=O)OC)C(C)CC. The number of hydrogen-bond acceptors (Lipinski definition) is 8. The molecule has 0 aliphatic carbocycles.